The fourth-order valence-electron chi connectivity index (χ4n) is 3.59. The highest BCUT2D eigenvalue weighted by atomic mass is 32.2. The predicted octanol–water partition coefficient (Wildman–Crippen LogP) is 8.83. The van der Waals surface area contributed by atoms with Gasteiger partial charge in [0.25, 0.3) is 0 Å². The summed E-state index contributed by atoms with van der Waals surface area (Å²) in [5.41, 5.74) is 2.19. The molecule has 2 atom stereocenters. The summed E-state index contributed by atoms with van der Waals surface area (Å²) in [5.74, 6) is 3.76. The highest BCUT2D eigenvalue weighted by Crippen LogP contribution is 2.23. The molecule has 0 N–H and O–H groups in total. The van der Waals surface area contributed by atoms with Crippen LogP contribution in [-0.4, -0.2) is 22.3 Å². The van der Waals surface area contributed by atoms with Crippen molar-refractivity contribution in [2.24, 2.45) is 11.8 Å². The van der Waals surface area contributed by atoms with Gasteiger partial charge >= 0.3 is 0 Å². The molecule has 0 fully saturated rings. The maximum absolute atomic E-state index is 5.91. The molecule has 1 aromatic heterocycles. The van der Waals surface area contributed by atoms with Crippen molar-refractivity contribution < 1.29 is 4.74 Å². The van der Waals surface area contributed by atoms with Gasteiger partial charge in [-0.15, -0.1) is 0 Å². The molecule has 2 rings (SSSR count). The van der Waals surface area contributed by atoms with Crippen LogP contribution in [0.15, 0.2) is 41.8 Å². The zero-order valence-electron chi connectivity index (χ0n) is 20.8. The molecule has 32 heavy (non-hydrogen) atoms. The van der Waals surface area contributed by atoms with Gasteiger partial charge < -0.3 is 4.74 Å². The van der Waals surface area contributed by atoms with Crippen molar-refractivity contribution in [1.82, 2.24) is 9.97 Å². The van der Waals surface area contributed by atoms with Crippen LogP contribution in [0.3, 0.4) is 0 Å². The van der Waals surface area contributed by atoms with Crippen molar-refractivity contribution in [3.05, 3.63) is 36.7 Å². The third-order valence-corrected chi connectivity index (χ3v) is 7.35. The minimum absolute atomic E-state index is 0.798. The molecule has 0 amide bonds. The van der Waals surface area contributed by atoms with Gasteiger partial charge in [-0.1, -0.05) is 103 Å². The largest absolute Gasteiger partial charge is 0.494 e. The Labute approximate surface area is 201 Å². The monoisotopic (exact) mass is 456 g/mol. The quantitative estimate of drug-likeness (QED) is 0.135. The molecule has 178 valence electrons. The van der Waals surface area contributed by atoms with Gasteiger partial charge in [0.2, 0.25) is 0 Å². The van der Waals surface area contributed by atoms with Crippen LogP contribution in [0.1, 0.15) is 91.9 Å². The van der Waals surface area contributed by atoms with E-state index in [0.717, 1.165) is 52.6 Å². The molecule has 0 saturated carbocycles. The van der Waals surface area contributed by atoms with E-state index in [2.05, 4.69) is 61.9 Å². The van der Waals surface area contributed by atoms with Crippen molar-refractivity contribution in [2.45, 2.75) is 97.1 Å². The van der Waals surface area contributed by atoms with E-state index in [9.17, 15) is 0 Å². The summed E-state index contributed by atoms with van der Waals surface area (Å²) in [4.78, 5) is 9.11. The fraction of sp³-hybridized carbons (Fsp3) is 0.643. The standard InChI is InChI=1S/C28H44N2OS/c1-5-23(3)13-9-7-11-19-31-27-17-15-25(16-18-27)26-21-29-28(30-22-26)32-20-12-8-10-14-24(4)6-2/h15-18,21-24H,5-14,19-20H2,1-4H3. The van der Waals surface area contributed by atoms with Crippen molar-refractivity contribution >= 4 is 11.8 Å². The van der Waals surface area contributed by atoms with E-state index >= 15 is 0 Å². The van der Waals surface area contributed by atoms with Crippen LogP contribution in [0.5, 0.6) is 5.75 Å². The maximum Gasteiger partial charge on any atom is 0.187 e. The van der Waals surface area contributed by atoms with Crippen molar-refractivity contribution in [3.63, 3.8) is 0 Å². The van der Waals surface area contributed by atoms with E-state index in [-0.39, 0.29) is 0 Å². The molecule has 0 radical (unpaired) electrons. The van der Waals surface area contributed by atoms with E-state index < -0.39 is 0 Å². The number of benzene rings is 1. The Morgan fingerprint density at radius 3 is 1.94 bits per heavy atom. The lowest BCUT2D eigenvalue weighted by molar-refractivity contribution is 0.302. The van der Waals surface area contributed by atoms with Crippen LogP contribution in [0.2, 0.25) is 0 Å². The molecule has 3 nitrogen and oxygen atoms in total. The van der Waals surface area contributed by atoms with Crippen LogP contribution >= 0.6 is 11.8 Å². The van der Waals surface area contributed by atoms with Crippen LogP contribution in [0, 0.1) is 11.8 Å². The average Bonchev–Trinajstić information content (AvgIpc) is 2.83. The number of ether oxygens (including phenoxy) is 1. The number of unbranched alkanes of at least 4 members (excludes halogenated alkanes) is 4. The highest BCUT2D eigenvalue weighted by molar-refractivity contribution is 7.99. The smallest absolute Gasteiger partial charge is 0.187 e. The first-order chi connectivity index (χ1) is 15.6. The Balaban J connectivity index is 1.65. The SMILES string of the molecule is CCC(C)CCCCCOc1ccc(-c2cnc(SCCCCCC(C)CC)nc2)cc1. The zero-order valence-corrected chi connectivity index (χ0v) is 21.6. The van der Waals surface area contributed by atoms with Gasteiger partial charge in [0.05, 0.1) is 6.61 Å². The van der Waals surface area contributed by atoms with Crippen LogP contribution < -0.4 is 4.74 Å². The molecule has 0 bridgehead atoms. The van der Waals surface area contributed by atoms with Gasteiger partial charge in [0, 0.05) is 23.7 Å². The Morgan fingerprint density at radius 2 is 1.34 bits per heavy atom. The molecule has 0 spiro atoms. The molecule has 2 aromatic rings. The Hall–Kier alpha value is -1.55. The molecule has 1 aromatic carbocycles. The molecule has 0 aliphatic heterocycles. The van der Waals surface area contributed by atoms with Crippen molar-refractivity contribution in [1.29, 1.82) is 0 Å². The third-order valence-electron chi connectivity index (χ3n) is 6.39. The Morgan fingerprint density at radius 1 is 0.750 bits per heavy atom. The molecule has 4 heteroatoms. The van der Waals surface area contributed by atoms with Crippen LogP contribution in [0.25, 0.3) is 11.1 Å². The first kappa shape index (κ1) is 26.7. The first-order valence-corrected chi connectivity index (χ1v) is 13.8. The number of aromatic nitrogens is 2. The molecule has 0 saturated heterocycles. The minimum atomic E-state index is 0.798. The van der Waals surface area contributed by atoms with Gasteiger partial charge in [-0.3, -0.25) is 0 Å². The number of hydrogen-bond donors (Lipinski definition) is 0. The highest BCUT2D eigenvalue weighted by Gasteiger charge is 2.04. The first-order valence-electron chi connectivity index (χ1n) is 12.8. The third kappa shape index (κ3) is 10.8. The van der Waals surface area contributed by atoms with Gasteiger partial charge in [-0.05, 0) is 42.4 Å². The lowest BCUT2D eigenvalue weighted by atomic mass is 10.0. The van der Waals surface area contributed by atoms with Gasteiger partial charge in [-0.2, -0.15) is 0 Å². The number of thioether (sulfide) groups is 1. The van der Waals surface area contributed by atoms with Gasteiger partial charge in [0.1, 0.15) is 5.75 Å². The normalized spacial score (nSPS) is 13.1. The maximum atomic E-state index is 5.91. The van der Waals surface area contributed by atoms with Gasteiger partial charge in [-0.25, -0.2) is 9.97 Å². The molecular formula is C28H44N2OS. The topological polar surface area (TPSA) is 35.0 Å². The lowest BCUT2D eigenvalue weighted by Gasteiger charge is -2.09. The van der Waals surface area contributed by atoms with Crippen molar-refractivity contribution in [3.8, 4) is 16.9 Å². The molecule has 0 aliphatic rings. The second-order valence-electron chi connectivity index (χ2n) is 9.20. The van der Waals surface area contributed by atoms with E-state index in [4.69, 9.17) is 4.74 Å². The number of rotatable bonds is 17. The second kappa shape index (κ2) is 16.1. The molecular weight excluding hydrogens is 412 g/mol. The van der Waals surface area contributed by atoms with E-state index in [1.165, 1.54) is 57.8 Å². The molecule has 2 unspecified atom stereocenters. The van der Waals surface area contributed by atoms with E-state index in [0.29, 0.717) is 0 Å². The second-order valence-corrected chi connectivity index (χ2v) is 10.3. The number of hydrogen-bond acceptors (Lipinski definition) is 4. The van der Waals surface area contributed by atoms with Crippen LogP contribution in [0.4, 0.5) is 0 Å². The zero-order chi connectivity index (χ0) is 23.0. The van der Waals surface area contributed by atoms with E-state index in [1.54, 1.807) is 11.8 Å². The van der Waals surface area contributed by atoms with Crippen molar-refractivity contribution in [2.75, 3.05) is 12.4 Å². The summed E-state index contributed by atoms with van der Waals surface area (Å²) in [6.45, 7) is 10.0. The lowest BCUT2D eigenvalue weighted by Crippen LogP contribution is -1.98. The summed E-state index contributed by atoms with van der Waals surface area (Å²) >= 11 is 1.77. The summed E-state index contributed by atoms with van der Waals surface area (Å²) < 4.78 is 5.91. The van der Waals surface area contributed by atoms with E-state index in [1.807, 2.05) is 12.4 Å². The Kier molecular flexibility index (Phi) is 13.5. The summed E-state index contributed by atoms with van der Waals surface area (Å²) in [6, 6.07) is 8.30. The van der Waals surface area contributed by atoms with Gasteiger partial charge in [0.15, 0.2) is 5.16 Å². The Bertz CT molecular complexity index is 654. The average molecular weight is 457 g/mol. The predicted molar refractivity (Wildman–Crippen MR) is 140 cm³/mol. The molecule has 1 heterocycles. The minimum Gasteiger partial charge on any atom is -0.494 e. The number of nitrogens with zero attached hydrogens (tertiary/aromatic N) is 2. The summed E-state index contributed by atoms with van der Waals surface area (Å²) in [6.07, 6.45) is 16.7. The summed E-state index contributed by atoms with van der Waals surface area (Å²) in [5, 5.41) is 0.879. The van der Waals surface area contributed by atoms with Crippen LogP contribution in [-0.2, 0) is 0 Å². The molecule has 0 aliphatic carbocycles. The summed E-state index contributed by atoms with van der Waals surface area (Å²) in [7, 11) is 0. The fourth-order valence-corrected chi connectivity index (χ4v) is 4.37.